The Morgan fingerprint density at radius 2 is 1.90 bits per heavy atom. The molecule has 1 aromatic carbocycles. The number of hydrogen-bond acceptors (Lipinski definition) is 2. The second-order valence-corrected chi connectivity index (χ2v) is 8.23. The molecule has 0 radical (unpaired) electrons. The molecular weight excluding hydrogens is 324 g/mol. The quantitative estimate of drug-likeness (QED) is 0.854. The molecule has 0 amide bonds. The zero-order chi connectivity index (χ0) is 15.6. The van der Waals surface area contributed by atoms with E-state index in [9.17, 15) is 0 Å². The fourth-order valence-electron chi connectivity index (χ4n) is 3.19. The van der Waals surface area contributed by atoms with Gasteiger partial charge in [0.15, 0.2) is 0 Å². The molecule has 1 aromatic rings. The van der Waals surface area contributed by atoms with Gasteiger partial charge in [0.2, 0.25) is 0 Å². The maximum atomic E-state index is 3.76. The molecule has 1 fully saturated rings. The topological polar surface area (TPSA) is 15.3 Å². The Morgan fingerprint density at radius 3 is 2.43 bits per heavy atom. The van der Waals surface area contributed by atoms with Crippen LogP contribution >= 0.6 is 15.9 Å². The van der Waals surface area contributed by atoms with Gasteiger partial charge in [-0.25, -0.2) is 0 Å². The van der Waals surface area contributed by atoms with E-state index in [-0.39, 0.29) is 0 Å². The Bertz CT molecular complexity index is 449. The molecule has 1 N–H and O–H groups in total. The van der Waals surface area contributed by atoms with Crippen molar-refractivity contribution < 1.29 is 0 Å². The summed E-state index contributed by atoms with van der Waals surface area (Å²) in [5, 5.41) is 3.76. The van der Waals surface area contributed by atoms with Gasteiger partial charge < -0.3 is 5.32 Å². The van der Waals surface area contributed by atoms with Crippen molar-refractivity contribution in [2.24, 2.45) is 5.41 Å². The number of benzene rings is 1. The number of rotatable bonds is 3. The SMILES string of the molecule is CCC1CNC(C(C)(C)C)CN1C(C)c1ccc(Br)cc1. The van der Waals surface area contributed by atoms with E-state index in [4.69, 9.17) is 0 Å². The predicted octanol–water partition coefficient (Wildman–Crippen LogP) is 4.61. The van der Waals surface area contributed by atoms with E-state index >= 15 is 0 Å². The number of nitrogens with zero attached hydrogens (tertiary/aromatic N) is 1. The summed E-state index contributed by atoms with van der Waals surface area (Å²) in [6.45, 7) is 13.9. The van der Waals surface area contributed by atoms with Gasteiger partial charge in [0.1, 0.15) is 0 Å². The monoisotopic (exact) mass is 352 g/mol. The van der Waals surface area contributed by atoms with E-state index in [1.165, 1.54) is 12.0 Å². The van der Waals surface area contributed by atoms with E-state index in [1.54, 1.807) is 0 Å². The van der Waals surface area contributed by atoms with E-state index in [0.717, 1.165) is 17.6 Å². The molecule has 1 saturated heterocycles. The highest BCUT2D eigenvalue weighted by Gasteiger charge is 2.35. The van der Waals surface area contributed by atoms with Gasteiger partial charge in [-0.1, -0.05) is 55.8 Å². The van der Waals surface area contributed by atoms with Crippen molar-refractivity contribution in [3.8, 4) is 0 Å². The molecule has 3 heteroatoms. The third kappa shape index (κ3) is 4.08. The van der Waals surface area contributed by atoms with Crippen molar-refractivity contribution >= 4 is 15.9 Å². The van der Waals surface area contributed by atoms with Crippen LogP contribution in [0.25, 0.3) is 0 Å². The molecule has 0 aromatic heterocycles. The smallest absolute Gasteiger partial charge is 0.0324 e. The summed E-state index contributed by atoms with van der Waals surface area (Å²) in [6, 6.07) is 10.4. The molecule has 3 unspecified atom stereocenters. The Labute approximate surface area is 138 Å². The minimum absolute atomic E-state index is 0.302. The van der Waals surface area contributed by atoms with Crippen molar-refractivity contribution in [1.82, 2.24) is 10.2 Å². The summed E-state index contributed by atoms with van der Waals surface area (Å²) in [6.07, 6.45) is 1.20. The number of nitrogens with one attached hydrogen (secondary N) is 1. The normalized spacial score (nSPS) is 25.8. The maximum Gasteiger partial charge on any atom is 0.0324 e. The Morgan fingerprint density at radius 1 is 1.29 bits per heavy atom. The highest BCUT2D eigenvalue weighted by Crippen LogP contribution is 2.31. The van der Waals surface area contributed by atoms with Gasteiger partial charge >= 0.3 is 0 Å². The summed E-state index contributed by atoms with van der Waals surface area (Å²) in [5.41, 5.74) is 1.71. The molecule has 0 saturated carbocycles. The molecule has 118 valence electrons. The van der Waals surface area contributed by atoms with E-state index in [0.29, 0.717) is 23.5 Å². The lowest BCUT2D eigenvalue weighted by molar-refractivity contribution is 0.0530. The summed E-state index contributed by atoms with van der Waals surface area (Å²) in [5.74, 6) is 0. The lowest BCUT2D eigenvalue weighted by Crippen LogP contribution is -2.60. The number of piperazine rings is 1. The molecule has 3 atom stereocenters. The molecular formula is C18H29BrN2. The van der Waals surface area contributed by atoms with Crippen LogP contribution in [0.5, 0.6) is 0 Å². The standard InChI is InChI=1S/C18H29BrN2/c1-6-16-11-20-17(18(3,4)5)12-21(16)13(2)14-7-9-15(19)10-8-14/h7-10,13,16-17,20H,6,11-12H2,1-5H3. The molecule has 0 aliphatic carbocycles. The van der Waals surface area contributed by atoms with Gasteiger partial charge in [0.05, 0.1) is 0 Å². The Kier molecular flexibility index (Phi) is 5.50. The summed E-state index contributed by atoms with van der Waals surface area (Å²) in [7, 11) is 0. The predicted molar refractivity (Wildman–Crippen MR) is 94.6 cm³/mol. The summed E-state index contributed by atoms with van der Waals surface area (Å²) in [4.78, 5) is 2.69. The van der Waals surface area contributed by atoms with Crippen molar-refractivity contribution in [3.05, 3.63) is 34.3 Å². The van der Waals surface area contributed by atoms with Gasteiger partial charge in [0.25, 0.3) is 0 Å². The Balaban J connectivity index is 2.18. The van der Waals surface area contributed by atoms with Gasteiger partial charge in [-0.3, -0.25) is 4.90 Å². The highest BCUT2D eigenvalue weighted by molar-refractivity contribution is 9.10. The largest absolute Gasteiger partial charge is 0.311 e. The number of halogens is 1. The first-order chi connectivity index (χ1) is 9.82. The average Bonchev–Trinajstić information content (AvgIpc) is 2.45. The lowest BCUT2D eigenvalue weighted by Gasteiger charge is -2.47. The molecule has 0 bridgehead atoms. The molecule has 0 spiro atoms. The second kappa shape index (κ2) is 6.80. The van der Waals surface area contributed by atoms with Crippen LogP contribution in [-0.2, 0) is 0 Å². The lowest BCUT2D eigenvalue weighted by atomic mass is 9.84. The minimum Gasteiger partial charge on any atom is -0.311 e. The van der Waals surface area contributed by atoms with Crippen LogP contribution in [-0.4, -0.2) is 30.1 Å². The first-order valence-corrected chi connectivity index (χ1v) is 8.86. The fraction of sp³-hybridized carbons (Fsp3) is 0.667. The zero-order valence-corrected chi connectivity index (χ0v) is 15.6. The average molecular weight is 353 g/mol. The van der Waals surface area contributed by atoms with Crippen LogP contribution in [0.3, 0.4) is 0 Å². The molecule has 21 heavy (non-hydrogen) atoms. The first kappa shape index (κ1) is 17.0. The molecule has 2 nitrogen and oxygen atoms in total. The number of hydrogen-bond donors (Lipinski definition) is 1. The van der Waals surface area contributed by atoms with Crippen molar-refractivity contribution in [2.45, 2.75) is 59.2 Å². The molecule has 1 heterocycles. The highest BCUT2D eigenvalue weighted by atomic mass is 79.9. The van der Waals surface area contributed by atoms with E-state index in [2.05, 4.69) is 85.0 Å². The van der Waals surface area contributed by atoms with Crippen LogP contribution in [0.4, 0.5) is 0 Å². The third-order valence-corrected chi connectivity index (χ3v) is 5.36. The van der Waals surface area contributed by atoms with Crippen molar-refractivity contribution in [3.63, 3.8) is 0 Å². The minimum atomic E-state index is 0.302. The van der Waals surface area contributed by atoms with Crippen molar-refractivity contribution in [1.29, 1.82) is 0 Å². The molecule has 2 rings (SSSR count). The molecule has 1 aliphatic heterocycles. The van der Waals surface area contributed by atoms with Gasteiger partial charge in [0, 0.05) is 35.7 Å². The van der Waals surface area contributed by atoms with Crippen LogP contribution in [0, 0.1) is 5.41 Å². The van der Waals surface area contributed by atoms with E-state index < -0.39 is 0 Å². The second-order valence-electron chi connectivity index (χ2n) is 7.31. The van der Waals surface area contributed by atoms with Crippen LogP contribution in [0.15, 0.2) is 28.7 Å². The summed E-state index contributed by atoms with van der Waals surface area (Å²) >= 11 is 3.53. The third-order valence-electron chi connectivity index (χ3n) is 4.83. The van der Waals surface area contributed by atoms with Crippen LogP contribution < -0.4 is 5.32 Å². The summed E-state index contributed by atoms with van der Waals surface area (Å²) < 4.78 is 1.15. The van der Waals surface area contributed by atoms with E-state index in [1.807, 2.05) is 0 Å². The maximum absolute atomic E-state index is 3.76. The van der Waals surface area contributed by atoms with Crippen LogP contribution in [0.1, 0.15) is 52.6 Å². The zero-order valence-electron chi connectivity index (χ0n) is 14.0. The fourth-order valence-corrected chi connectivity index (χ4v) is 3.45. The first-order valence-electron chi connectivity index (χ1n) is 8.07. The van der Waals surface area contributed by atoms with Crippen molar-refractivity contribution in [2.75, 3.05) is 13.1 Å². The molecule has 1 aliphatic rings. The van der Waals surface area contributed by atoms with Gasteiger partial charge in [-0.2, -0.15) is 0 Å². The van der Waals surface area contributed by atoms with Gasteiger partial charge in [-0.05, 0) is 36.5 Å². The van der Waals surface area contributed by atoms with Gasteiger partial charge in [-0.15, -0.1) is 0 Å². The van der Waals surface area contributed by atoms with Crippen LogP contribution in [0.2, 0.25) is 0 Å². The Hall–Kier alpha value is -0.380.